The molecule has 1 fully saturated rings. The summed E-state index contributed by atoms with van der Waals surface area (Å²) < 4.78 is 27.1. The lowest BCUT2D eigenvalue weighted by Crippen LogP contribution is -2.32. The van der Waals surface area contributed by atoms with E-state index in [1.54, 1.807) is 18.2 Å². The molecule has 0 aromatic heterocycles. The van der Waals surface area contributed by atoms with Gasteiger partial charge in [-0.25, -0.2) is 8.42 Å². The molecule has 142 valence electrons. The number of unbranched alkanes of at least 4 members (excludes halogenated alkanes) is 1. The molecule has 1 aliphatic heterocycles. The van der Waals surface area contributed by atoms with Crippen molar-refractivity contribution >= 4 is 28.3 Å². The second kappa shape index (κ2) is 10.8. The second-order valence-corrected chi connectivity index (χ2v) is 8.04. The van der Waals surface area contributed by atoms with Crippen molar-refractivity contribution in [3.05, 3.63) is 29.8 Å². The Bertz CT molecular complexity index is 644. The van der Waals surface area contributed by atoms with Crippen LogP contribution >= 0.6 is 12.4 Å². The summed E-state index contributed by atoms with van der Waals surface area (Å²) in [5, 5.41) is 2.80. The van der Waals surface area contributed by atoms with Crippen molar-refractivity contribution < 1.29 is 13.2 Å². The zero-order chi connectivity index (χ0) is 17.4. The van der Waals surface area contributed by atoms with Gasteiger partial charge in [-0.05, 0) is 50.4 Å². The Morgan fingerprint density at radius 1 is 1.12 bits per heavy atom. The minimum atomic E-state index is -3.53. The molecular weight excluding hydrogens is 362 g/mol. The van der Waals surface area contributed by atoms with Crippen LogP contribution in [0, 0.1) is 0 Å². The number of nitrogens with one attached hydrogen (secondary N) is 1. The van der Waals surface area contributed by atoms with Gasteiger partial charge in [0, 0.05) is 25.2 Å². The van der Waals surface area contributed by atoms with Gasteiger partial charge in [-0.3, -0.25) is 4.79 Å². The molecule has 1 aromatic rings. The molecular formula is C17H28ClN3O3S. The van der Waals surface area contributed by atoms with Crippen molar-refractivity contribution in [3.63, 3.8) is 0 Å². The van der Waals surface area contributed by atoms with Crippen LogP contribution in [0.15, 0.2) is 29.2 Å². The fraction of sp³-hybridized carbons (Fsp3) is 0.588. The molecule has 1 heterocycles. The molecule has 0 radical (unpaired) electrons. The molecule has 0 saturated carbocycles. The molecule has 1 aliphatic rings. The van der Waals surface area contributed by atoms with E-state index in [1.807, 2.05) is 0 Å². The fourth-order valence-electron chi connectivity index (χ4n) is 2.80. The van der Waals surface area contributed by atoms with E-state index in [0.29, 0.717) is 31.7 Å². The molecule has 0 unspecified atom stereocenters. The molecule has 0 spiro atoms. The number of hydrogen-bond donors (Lipinski definition) is 2. The summed E-state index contributed by atoms with van der Waals surface area (Å²) in [4.78, 5) is 12.4. The van der Waals surface area contributed by atoms with E-state index in [1.165, 1.54) is 10.4 Å². The van der Waals surface area contributed by atoms with Gasteiger partial charge in [-0.2, -0.15) is 4.31 Å². The highest BCUT2D eigenvalue weighted by Gasteiger charge is 2.25. The standard InChI is InChI=1S/C17H27N3O3S.ClH/c18-10-3-4-11-19-17(21)15-8-7-9-16(14-15)24(22,23)20-12-5-1-2-6-13-20;/h7-9,14H,1-6,10-13,18H2,(H,19,21);1H. The van der Waals surface area contributed by atoms with Crippen LogP contribution in [0.1, 0.15) is 48.9 Å². The minimum Gasteiger partial charge on any atom is -0.352 e. The molecule has 1 saturated heterocycles. The summed E-state index contributed by atoms with van der Waals surface area (Å²) in [6, 6.07) is 6.29. The quantitative estimate of drug-likeness (QED) is 0.699. The largest absolute Gasteiger partial charge is 0.352 e. The first-order valence-electron chi connectivity index (χ1n) is 8.64. The van der Waals surface area contributed by atoms with Gasteiger partial charge in [0.2, 0.25) is 10.0 Å². The van der Waals surface area contributed by atoms with Crippen LogP contribution in [0.25, 0.3) is 0 Å². The van der Waals surface area contributed by atoms with Crippen LogP contribution in [0.5, 0.6) is 0 Å². The Morgan fingerprint density at radius 3 is 2.44 bits per heavy atom. The van der Waals surface area contributed by atoms with E-state index in [9.17, 15) is 13.2 Å². The number of nitrogens with two attached hydrogens (primary N) is 1. The van der Waals surface area contributed by atoms with Gasteiger partial charge in [-0.1, -0.05) is 18.9 Å². The summed E-state index contributed by atoms with van der Waals surface area (Å²) >= 11 is 0. The van der Waals surface area contributed by atoms with Gasteiger partial charge >= 0.3 is 0 Å². The highest BCUT2D eigenvalue weighted by molar-refractivity contribution is 7.89. The van der Waals surface area contributed by atoms with Gasteiger partial charge in [0.05, 0.1) is 4.90 Å². The smallest absolute Gasteiger partial charge is 0.251 e. The first kappa shape index (κ1) is 21.9. The first-order chi connectivity index (χ1) is 11.6. The number of halogens is 1. The van der Waals surface area contributed by atoms with E-state index in [0.717, 1.165) is 38.5 Å². The average molecular weight is 390 g/mol. The maximum atomic E-state index is 12.8. The Labute approximate surface area is 156 Å². The van der Waals surface area contributed by atoms with Crippen molar-refractivity contribution in [2.24, 2.45) is 5.73 Å². The summed E-state index contributed by atoms with van der Waals surface area (Å²) in [6.07, 6.45) is 5.58. The molecule has 6 nitrogen and oxygen atoms in total. The van der Waals surface area contributed by atoms with Crippen molar-refractivity contribution in [1.29, 1.82) is 0 Å². The molecule has 0 bridgehead atoms. The first-order valence-corrected chi connectivity index (χ1v) is 10.1. The summed E-state index contributed by atoms with van der Waals surface area (Å²) in [7, 11) is -3.53. The highest BCUT2D eigenvalue weighted by Crippen LogP contribution is 2.21. The van der Waals surface area contributed by atoms with E-state index < -0.39 is 10.0 Å². The lowest BCUT2D eigenvalue weighted by atomic mass is 10.2. The maximum absolute atomic E-state index is 12.8. The van der Waals surface area contributed by atoms with Gasteiger partial charge < -0.3 is 11.1 Å². The predicted molar refractivity (Wildman–Crippen MR) is 102 cm³/mol. The van der Waals surface area contributed by atoms with Crippen molar-refractivity contribution in [2.75, 3.05) is 26.2 Å². The van der Waals surface area contributed by atoms with E-state index in [-0.39, 0.29) is 23.2 Å². The van der Waals surface area contributed by atoms with E-state index in [4.69, 9.17) is 5.73 Å². The number of sulfonamides is 1. The van der Waals surface area contributed by atoms with Crippen LogP contribution in [0.4, 0.5) is 0 Å². The van der Waals surface area contributed by atoms with Gasteiger partial charge in [0.1, 0.15) is 0 Å². The maximum Gasteiger partial charge on any atom is 0.251 e. The summed E-state index contributed by atoms with van der Waals surface area (Å²) in [6.45, 7) is 2.24. The molecule has 2 rings (SSSR count). The Balaban J connectivity index is 0.00000312. The predicted octanol–water partition coefficient (Wildman–Crippen LogP) is 2.14. The monoisotopic (exact) mass is 389 g/mol. The number of carbonyl (C=O) groups excluding carboxylic acids is 1. The third-order valence-electron chi connectivity index (χ3n) is 4.22. The van der Waals surface area contributed by atoms with E-state index >= 15 is 0 Å². The Hall–Kier alpha value is -1.15. The minimum absolute atomic E-state index is 0. The molecule has 8 heteroatoms. The topological polar surface area (TPSA) is 92.5 Å². The SMILES string of the molecule is Cl.NCCCCNC(=O)c1cccc(S(=O)(=O)N2CCCCCC2)c1. The third kappa shape index (κ3) is 6.26. The molecule has 1 aromatic carbocycles. The number of carbonyl (C=O) groups is 1. The van der Waals surface area contributed by atoms with Crippen LogP contribution in [0.2, 0.25) is 0 Å². The van der Waals surface area contributed by atoms with Gasteiger partial charge in [0.15, 0.2) is 0 Å². The summed E-state index contributed by atoms with van der Waals surface area (Å²) in [5.41, 5.74) is 5.80. The average Bonchev–Trinajstić information content (AvgIpc) is 2.88. The van der Waals surface area contributed by atoms with Crippen LogP contribution in [0.3, 0.4) is 0 Å². The Morgan fingerprint density at radius 2 is 1.80 bits per heavy atom. The van der Waals surface area contributed by atoms with Crippen LogP contribution < -0.4 is 11.1 Å². The Kier molecular flexibility index (Phi) is 9.42. The van der Waals surface area contributed by atoms with Crippen molar-refractivity contribution in [1.82, 2.24) is 9.62 Å². The number of hydrogen-bond acceptors (Lipinski definition) is 4. The van der Waals surface area contributed by atoms with Crippen molar-refractivity contribution in [2.45, 2.75) is 43.4 Å². The zero-order valence-corrected chi connectivity index (χ0v) is 16.1. The molecule has 0 aliphatic carbocycles. The molecule has 0 atom stereocenters. The normalized spacial score (nSPS) is 15.9. The molecule has 1 amide bonds. The number of amides is 1. The number of nitrogens with zero attached hydrogens (tertiary/aromatic N) is 1. The summed E-state index contributed by atoms with van der Waals surface area (Å²) in [5.74, 6) is -0.250. The zero-order valence-electron chi connectivity index (χ0n) is 14.4. The fourth-order valence-corrected chi connectivity index (χ4v) is 4.37. The number of benzene rings is 1. The third-order valence-corrected chi connectivity index (χ3v) is 6.11. The molecule has 3 N–H and O–H groups in total. The molecule has 25 heavy (non-hydrogen) atoms. The lowest BCUT2D eigenvalue weighted by Gasteiger charge is -2.20. The van der Waals surface area contributed by atoms with Gasteiger partial charge in [-0.15, -0.1) is 12.4 Å². The highest BCUT2D eigenvalue weighted by atomic mass is 35.5. The lowest BCUT2D eigenvalue weighted by molar-refractivity contribution is 0.0953. The van der Waals surface area contributed by atoms with Crippen LogP contribution in [-0.4, -0.2) is 44.8 Å². The van der Waals surface area contributed by atoms with Crippen molar-refractivity contribution in [3.8, 4) is 0 Å². The van der Waals surface area contributed by atoms with E-state index in [2.05, 4.69) is 5.32 Å². The number of rotatable bonds is 7. The van der Waals surface area contributed by atoms with Gasteiger partial charge in [0.25, 0.3) is 5.91 Å². The second-order valence-electron chi connectivity index (χ2n) is 6.10. The van der Waals surface area contributed by atoms with Crippen LogP contribution in [-0.2, 0) is 10.0 Å².